The Hall–Kier alpha value is -1.68. The zero-order valence-electron chi connectivity index (χ0n) is 13.0. The van der Waals surface area contributed by atoms with Gasteiger partial charge in [-0.25, -0.2) is 0 Å². The maximum atomic E-state index is 5.40. The van der Waals surface area contributed by atoms with Crippen molar-refractivity contribution in [3.05, 3.63) is 46.6 Å². The second-order valence-corrected chi connectivity index (χ2v) is 6.14. The fraction of sp³-hybridized carbons (Fsp3) is 0.529. The zero-order valence-corrected chi connectivity index (χ0v) is 13.0. The Bertz CT molecular complexity index is 616. The molecule has 0 aliphatic heterocycles. The van der Waals surface area contributed by atoms with E-state index in [0.29, 0.717) is 6.04 Å². The molecule has 1 aromatic carbocycles. The summed E-state index contributed by atoms with van der Waals surface area (Å²) in [6.45, 7) is 4.26. The van der Waals surface area contributed by atoms with Crippen LogP contribution in [0.5, 0.6) is 0 Å². The van der Waals surface area contributed by atoms with Crippen LogP contribution < -0.4 is 5.32 Å². The van der Waals surface area contributed by atoms with Gasteiger partial charge in [0.05, 0.1) is 0 Å². The minimum atomic E-state index is 0.472. The molecular formula is C17H23N3O. The van der Waals surface area contributed by atoms with Gasteiger partial charge >= 0.3 is 0 Å². The Kier molecular flexibility index (Phi) is 4.06. The van der Waals surface area contributed by atoms with Crippen molar-refractivity contribution in [2.75, 3.05) is 7.05 Å². The summed E-state index contributed by atoms with van der Waals surface area (Å²) in [5.74, 6) is 2.31. The molecule has 1 saturated carbocycles. The minimum Gasteiger partial charge on any atom is -0.339 e. The van der Waals surface area contributed by atoms with Crippen LogP contribution >= 0.6 is 0 Å². The van der Waals surface area contributed by atoms with Crippen molar-refractivity contribution in [1.82, 2.24) is 15.5 Å². The van der Waals surface area contributed by atoms with Gasteiger partial charge < -0.3 is 9.84 Å². The summed E-state index contributed by atoms with van der Waals surface area (Å²) in [7, 11) is 2.01. The van der Waals surface area contributed by atoms with E-state index in [1.165, 1.54) is 29.5 Å². The number of aromatic nitrogens is 2. The molecule has 1 aromatic heterocycles. The molecule has 1 aliphatic carbocycles. The first-order valence-corrected chi connectivity index (χ1v) is 7.70. The Balaban J connectivity index is 1.65. The van der Waals surface area contributed by atoms with Crippen LogP contribution in [0, 0.1) is 19.8 Å². The number of benzene rings is 1. The molecule has 1 atom stereocenters. The van der Waals surface area contributed by atoms with Crippen molar-refractivity contribution in [2.24, 2.45) is 5.92 Å². The summed E-state index contributed by atoms with van der Waals surface area (Å²) >= 11 is 0. The van der Waals surface area contributed by atoms with Gasteiger partial charge in [-0.3, -0.25) is 0 Å². The molecule has 1 fully saturated rings. The highest BCUT2D eigenvalue weighted by molar-refractivity contribution is 5.31. The predicted octanol–water partition coefficient (Wildman–Crippen LogP) is 2.82. The number of aryl methyl sites for hydroxylation is 2. The quantitative estimate of drug-likeness (QED) is 0.886. The second kappa shape index (κ2) is 5.98. The first-order valence-electron chi connectivity index (χ1n) is 7.70. The van der Waals surface area contributed by atoms with E-state index in [2.05, 4.69) is 47.5 Å². The number of likely N-dealkylation sites (N-methyl/N-ethyl adjacent to an activating group) is 1. The molecule has 0 radical (unpaired) electrons. The summed E-state index contributed by atoms with van der Waals surface area (Å²) in [6, 6.07) is 6.96. The zero-order chi connectivity index (χ0) is 14.8. The lowest BCUT2D eigenvalue weighted by Crippen LogP contribution is -2.29. The van der Waals surface area contributed by atoms with Gasteiger partial charge in [0.15, 0.2) is 5.82 Å². The van der Waals surface area contributed by atoms with Crippen LogP contribution in [0.3, 0.4) is 0 Å². The average Bonchev–Trinajstić information content (AvgIpc) is 3.22. The third-order valence-corrected chi connectivity index (χ3v) is 4.40. The van der Waals surface area contributed by atoms with Crippen molar-refractivity contribution >= 4 is 0 Å². The van der Waals surface area contributed by atoms with Crippen LogP contribution in [0.4, 0.5) is 0 Å². The van der Waals surface area contributed by atoms with E-state index >= 15 is 0 Å². The molecule has 0 spiro atoms. The Morgan fingerprint density at radius 3 is 2.76 bits per heavy atom. The SMILES string of the molecule is CNC(Cc1nc(Cc2ccc(C)c(C)c2)no1)C1CC1. The van der Waals surface area contributed by atoms with Gasteiger partial charge in [0.1, 0.15) is 0 Å². The first kappa shape index (κ1) is 14.3. The van der Waals surface area contributed by atoms with Crippen LogP contribution in [-0.2, 0) is 12.8 Å². The summed E-state index contributed by atoms with van der Waals surface area (Å²) in [6.07, 6.45) is 4.20. The van der Waals surface area contributed by atoms with Crippen molar-refractivity contribution in [3.63, 3.8) is 0 Å². The molecule has 3 rings (SSSR count). The first-order chi connectivity index (χ1) is 10.2. The highest BCUT2D eigenvalue weighted by Gasteiger charge is 2.31. The molecule has 1 unspecified atom stereocenters. The van der Waals surface area contributed by atoms with E-state index in [4.69, 9.17) is 4.52 Å². The highest BCUT2D eigenvalue weighted by Crippen LogP contribution is 2.33. The molecular weight excluding hydrogens is 262 g/mol. The van der Waals surface area contributed by atoms with Crippen molar-refractivity contribution < 1.29 is 4.52 Å². The third kappa shape index (κ3) is 3.50. The number of hydrogen-bond donors (Lipinski definition) is 1. The summed E-state index contributed by atoms with van der Waals surface area (Å²) in [5, 5.41) is 7.47. The van der Waals surface area contributed by atoms with Gasteiger partial charge in [0, 0.05) is 18.9 Å². The molecule has 4 heteroatoms. The summed E-state index contributed by atoms with van der Waals surface area (Å²) < 4.78 is 5.40. The standard InChI is InChI=1S/C17H23N3O/c1-11-4-5-13(8-12(11)2)9-16-19-17(21-20-16)10-15(18-3)14-6-7-14/h4-5,8,14-15,18H,6-7,9-10H2,1-3H3. The maximum absolute atomic E-state index is 5.40. The van der Waals surface area contributed by atoms with E-state index in [0.717, 1.165) is 30.5 Å². The van der Waals surface area contributed by atoms with E-state index in [1.807, 2.05) is 7.05 Å². The molecule has 112 valence electrons. The summed E-state index contributed by atoms with van der Waals surface area (Å²) in [5.41, 5.74) is 3.85. The van der Waals surface area contributed by atoms with E-state index in [1.54, 1.807) is 0 Å². The molecule has 4 nitrogen and oxygen atoms in total. The van der Waals surface area contributed by atoms with Crippen LogP contribution in [0.15, 0.2) is 22.7 Å². The molecule has 1 heterocycles. The number of rotatable bonds is 6. The smallest absolute Gasteiger partial charge is 0.228 e. The van der Waals surface area contributed by atoms with Crippen LogP contribution in [0.1, 0.15) is 41.2 Å². The predicted molar refractivity (Wildman–Crippen MR) is 82.3 cm³/mol. The number of nitrogens with zero attached hydrogens (tertiary/aromatic N) is 2. The Morgan fingerprint density at radius 1 is 1.29 bits per heavy atom. The molecule has 0 bridgehead atoms. The van der Waals surface area contributed by atoms with Gasteiger partial charge in [-0.2, -0.15) is 4.98 Å². The molecule has 0 saturated heterocycles. The maximum Gasteiger partial charge on any atom is 0.228 e. The van der Waals surface area contributed by atoms with Crippen LogP contribution in [0.25, 0.3) is 0 Å². The number of hydrogen-bond acceptors (Lipinski definition) is 4. The number of nitrogens with one attached hydrogen (secondary N) is 1. The molecule has 21 heavy (non-hydrogen) atoms. The largest absolute Gasteiger partial charge is 0.339 e. The Morgan fingerprint density at radius 2 is 2.10 bits per heavy atom. The topological polar surface area (TPSA) is 51.0 Å². The Labute approximate surface area is 126 Å². The second-order valence-electron chi connectivity index (χ2n) is 6.14. The lowest BCUT2D eigenvalue weighted by molar-refractivity contribution is 0.349. The highest BCUT2D eigenvalue weighted by atomic mass is 16.5. The fourth-order valence-corrected chi connectivity index (χ4v) is 2.73. The average molecular weight is 285 g/mol. The molecule has 1 N–H and O–H groups in total. The van der Waals surface area contributed by atoms with Crippen LogP contribution in [-0.4, -0.2) is 23.2 Å². The van der Waals surface area contributed by atoms with E-state index in [9.17, 15) is 0 Å². The lowest BCUT2D eigenvalue weighted by atomic mass is 10.0. The normalized spacial score (nSPS) is 16.1. The van der Waals surface area contributed by atoms with E-state index in [-0.39, 0.29) is 0 Å². The lowest BCUT2D eigenvalue weighted by Gasteiger charge is -2.11. The molecule has 2 aromatic rings. The third-order valence-electron chi connectivity index (χ3n) is 4.40. The molecule has 1 aliphatic rings. The molecule has 0 amide bonds. The van der Waals surface area contributed by atoms with Gasteiger partial charge in [-0.1, -0.05) is 23.4 Å². The monoisotopic (exact) mass is 285 g/mol. The minimum absolute atomic E-state index is 0.472. The van der Waals surface area contributed by atoms with Gasteiger partial charge in [-0.15, -0.1) is 0 Å². The van der Waals surface area contributed by atoms with Gasteiger partial charge in [0.25, 0.3) is 0 Å². The van der Waals surface area contributed by atoms with Crippen LogP contribution in [0.2, 0.25) is 0 Å². The van der Waals surface area contributed by atoms with Gasteiger partial charge in [-0.05, 0) is 56.3 Å². The van der Waals surface area contributed by atoms with Gasteiger partial charge in [0.2, 0.25) is 5.89 Å². The van der Waals surface area contributed by atoms with E-state index < -0.39 is 0 Å². The van der Waals surface area contributed by atoms with Crippen molar-refractivity contribution in [3.8, 4) is 0 Å². The van der Waals surface area contributed by atoms with Crippen molar-refractivity contribution in [2.45, 2.75) is 45.6 Å². The summed E-state index contributed by atoms with van der Waals surface area (Å²) in [4.78, 5) is 4.54. The van der Waals surface area contributed by atoms with Crippen molar-refractivity contribution in [1.29, 1.82) is 0 Å². The fourth-order valence-electron chi connectivity index (χ4n) is 2.73.